The van der Waals surface area contributed by atoms with E-state index in [9.17, 15) is 4.79 Å². The predicted molar refractivity (Wildman–Crippen MR) is 122 cm³/mol. The van der Waals surface area contributed by atoms with Gasteiger partial charge in [-0.25, -0.2) is 4.98 Å². The van der Waals surface area contributed by atoms with Crippen molar-refractivity contribution in [2.24, 2.45) is 0 Å². The first-order chi connectivity index (χ1) is 14.6. The number of nitrogens with zero attached hydrogens (tertiary/aromatic N) is 3. The highest BCUT2D eigenvalue weighted by Gasteiger charge is 2.25. The van der Waals surface area contributed by atoms with Crippen molar-refractivity contribution < 1.29 is 4.79 Å². The summed E-state index contributed by atoms with van der Waals surface area (Å²) in [5, 5.41) is 13.1. The number of aryl methyl sites for hydroxylation is 2. The fraction of sp³-hybridized carbons (Fsp3) is 0.273. The lowest BCUT2D eigenvalue weighted by molar-refractivity contribution is 0.103. The van der Waals surface area contributed by atoms with Crippen molar-refractivity contribution in [1.29, 1.82) is 0 Å². The number of nitrogens with one attached hydrogen (secondary N) is 1. The Morgan fingerprint density at radius 2 is 2.07 bits per heavy atom. The van der Waals surface area contributed by atoms with E-state index in [0.29, 0.717) is 21.6 Å². The fourth-order valence-electron chi connectivity index (χ4n) is 3.97. The zero-order chi connectivity index (χ0) is 20.7. The molecule has 5 rings (SSSR count). The Labute approximate surface area is 182 Å². The molecule has 1 amide bonds. The lowest BCUT2D eigenvalue weighted by Gasteiger charge is -2.24. The predicted octanol–water partition coefficient (Wildman–Crippen LogP) is 4.82. The highest BCUT2D eigenvalue weighted by molar-refractivity contribution is 7.21. The molecule has 0 spiro atoms. The van der Waals surface area contributed by atoms with Crippen LogP contribution in [0.25, 0.3) is 10.2 Å². The minimum absolute atomic E-state index is 0.255. The average molecular weight is 436 g/mol. The van der Waals surface area contributed by atoms with Crippen LogP contribution in [0.1, 0.15) is 50.8 Å². The number of carbonyl (C=O) groups is 1. The molecule has 3 aromatic heterocycles. The van der Waals surface area contributed by atoms with Crippen LogP contribution in [-0.4, -0.2) is 21.1 Å². The molecule has 6 nitrogen and oxygen atoms in total. The Balaban J connectivity index is 1.44. The number of amides is 1. The van der Waals surface area contributed by atoms with Crippen LogP contribution in [-0.2, 0) is 19.3 Å². The fourth-order valence-corrected chi connectivity index (χ4v) is 5.64. The van der Waals surface area contributed by atoms with Crippen molar-refractivity contribution in [3.63, 3.8) is 0 Å². The second-order valence-electron chi connectivity index (χ2n) is 7.45. The second-order valence-corrected chi connectivity index (χ2v) is 9.51. The molecule has 0 radical (unpaired) electrons. The van der Waals surface area contributed by atoms with Gasteiger partial charge in [-0.05, 0) is 48.8 Å². The number of aromatic nitrogens is 3. The van der Waals surface area contributed by atoms with Crippen LogP contribution in [0.15, 0.2) is 36.4 Å². The Morgan fingerprint density at radius 1 is 1.23 bits per heavy atom. The molecular formula is C22H21N5OS2. The number of anilines is 2. The molecule has 30 heavy (non-hydrogen) atoms. The minimum Gasteiger partial charge on any atom is -0.397 e. The molecule has 0 aliphatic heterocycles. The number of hydrogen-bond donors (Lipinski definition) is 2. The quantitative estimate of drug-likeness (QED) is 0.479. The molecule has 0 saturated heterocycles. The van der Waals surface area contributed by atoms with E-state index in [1.54, 1.807) is 0 Å². The standard InChI is InChI=1S/C22H21N5OS2/c1-2-17-26-27-22(29-17)25-20(28)19-18(23)15-11-14-10-13(12-6-4-3-5-7-12)8-9-16(14)24-21(15)30-19/h3-7,11,13H,2,8-10,23H2,1H3,(H,25,27,28). The lowest BCUT2D eigenvalue weighted by atomic mass is 9.82. The Kier molecular flexibility index (Phi) is 4.96. The first-order valence-corrected chi connectivity index (χ1v) is 11.6. The van der Waals surface area contributed by atoms with Crippen LogP contribution in [0.4, 0.5) is 10.8 Å². The van der Waals surface area contributed by atoms with Crippen LogP contribution in [0.2, 0.25) is 0 Å². The summed E-state index contributed by atoms with van der Waals surface area (Å²) in [6, 6.07) is 12.8. The summed E-state index contributed by atoms with van der Waals surface area (Å²) >= 11 is 2.72. The lowest BCUT2D eigenvalue weighted by Crippen LogP contribution is -2.14. The second kappa shape index (κ2) is 7.77. The maximum absolute atomic E-state index is 12.8. The Morgan fingerprint density at radius 3 is 2.83 bits per heavy atom. The molecule has 1 atom stereocenters. The summed E-state index contributed by atoms with van der Waals surface area (Å²) in [6.45, 7) is 2.01. The third-order valence-corrected chi connectivity index (χ3v) is 7.65. The normalized spacial score (nSPS) is 15.8. The zero-order valence-corrected chi connectivity index (χ0v) is 18.1. The first kappa shape index (κ1) is 19.1. The molecule has 0 bridgehead atoms. The van der Waals surface area contributed by atoms with Gasteiger partial charge in [0, 0.05) is 11.1 Å². The number of thiophene rings is 1. The third kappa shape index (κ3) is 3.46. The number of rotatable bonds is 4. The molecule has 0 fully saturated rings. The third-order valence-electron chi connectivity index (χ3n) is 5.55. The molecule has 1 aliphatic carbocycles. The number of carbonyl (C=O) groups excluding carboxylic acids is 1. The van der Waals surface area contributed by atoms with Gasteiger partial charge in [-0.1, -0.05) is 48.6 Å². The van der Waals surface area contributed by atoms with E-state index in [4.69, 9.17) is 10.7 Å². The number of pyridine rings is 1. The van der Waals surface area contributed by atoms with Crippen LogP contribution >= 0.6 is 22.7 Å². The topological polar surface area (TPSA) is 93.8 Å². The van der Waals surface area contributed by atoms with E-state index >= 15 is 0 Å². The number of nitrogens with two attached hydrogens (primary N) is 1. The van der Waals surface area contributed by atoms with Crippen molar-refractivity contribution in [2.75, 3.05) is 11.1 Å². The van der Waals surface area contributed by atoms with E-state index in [-0.39, 0.29) is 5.91 Å². The van der Waals surface area contributed by atoms with Gasteiger partial charge < -0.3 is 5.73 Å². The molecule has 8 heteroatoms. The summed E-state index contributed by atoms with van der Waals surface area (Å²) < 4.78 is 0. The first-order valence-electron chi connectivity index (χ1n) is 10.0. The number of fused-ring (bicyclic) bond motifs is 2. The molecular weight excluding hydrogens is 414 g/mol. The largest absolute Gasteiger partial charge is 0.397 e. The Bertz CT molecular complexity index is 1230. The molecule has 4 aromatic rings. The number of nitrogen functional groups attached to an aromatic ring is 1. The van der Waals surface area contributed by atoms with Gasteiger partial charge in [-0.2, -0.15) is 0 Å². The maximum atomic E-state index is 12.8. The van der Waals surface area contributed by atoms with E-state index in [1.165, 1.54) is 33.8 Å². The van der Waals surface area contributed by atoms with E-state index in [1.807, 2.05) is 6.92 Å². The highest BCUT2D eigenvalue weighted by atomic mass is 32.1. The van der Waals surface area contributed by atoms with Gasteiger partial charge in [0.1, 0.15) is 14.7 Å². The molecule has 1 aliphatic rings. The molecule has 3 heterocycles. The van der Waals surface area contributed by atoms with Crippen molar-refractivity contribution in [3.05, 3.63) is 63.1 Å². The van der Waals surface area contributed by atoms with Gasteiger partial charge in [0.05, 0.1) is 5.69 Å². The summed E-state index contributed by atoms with van der Waals surface area (Å²) in [7, 11) is 0. The van der Waals surface area contributed by atoms with E-state index < -0.39 is 0 Å². The number of hydrogen-bond acceptors (Lipinski definition) is 7. The minimum atomic E-state index is -0.255. The SMILES string of the molecule is CCc1nnc(NC(=O)c2sc3nc4c(cc3c2N)CC(c2ccccc2)CC4)s1. The van der Waals surface area contributed by atoms with Crippen molar-refractivity contribution in [2.45, 2.75) is 38.5 Å². The summed E-state index contributed by atoms with van der Waals surface area (Å²) in [5.41, 5.74) is 10.6. The molecule has 3 N–H and O–H groups in total. The van der Waals surface area contributed by atoms with Gasteiger partial charge in [0.25, 0.3) is 5.91 Å². The highest BCUT2D eigenvalue weighted by Crippen LogP contribution is 2.38. The van der Waals surface area contributed by atoms with Gasteiger partial charge in [0.2, 0.25) is 5.13 Å². The van der Waals surface area contributed by atoms with Crippen LogP contribution in [0.3, 0.4) is 0 Å². The van der Waals surface area contributed by atoms with Gasteiger partial charge in [-0.15, -0.1) is 21.5 Å². The molecule has 152 valence electrons. The summed E-state index contributed by atoms with van der Waals surface area (Å²) in [6.07, 6.45) is 3.76. The molecule has 0 saturated carbocycles. The average Bonchev–Trinajstić information content (AvgIpc) is 3.36. The zero-order valence-electron chi connectivity index (χ0n) is 16.5. The summed E-state index contributed by atoms with van der Waals surface area (Å²) in [5.74, 6) is 0.236. The van der Waals surface area contributed by atoms with E-state index in [2.05, 4.69) is 51.9 Å². The number of benzene rings is 1. The molecule has 1 aromatic carbocycles. The van der Waals surface area contributed by atoms with Crippen LogP contribution in [0, 0.1) is 0 Å². The maximum Gasteiger partial charge on any atom is 0.269 e. The van der Waals surface area contributed by atoms with Crippen molar-refractivity contribution in [3.8, 4) is 0 Å². The van der Waals surface area contributed by atoms with Gasteiger partial charge in [0.15, 0.2) is 0 Å². The van der Waals surface area contributed by atoms with E-state index in [0.717, 1.165) is 46.6 Å². The smallest absolute Gasteiger partial charge is 0.269 e. The van der Waals surface area contributed by atoms with Crippen LogP contribution in [0.5, 0.6) is 0 Å². The van der Waals surface area contributed by atoms with Crippen molar-refractivity contribution in [1.82, 2.24) is 15.2 Å². The summed E-state index contributed by atoms with van der Waals surface area (Å²) in [4.78, 5) is 19.0. The van der Waals surface area contributed by atoms with Crippen LogP contribution < -0.4 is 11.1 Å². The van der Waals surface area contributed by atoms with Crippen molar-refractivity contribution >= 4 is 49.6 Å². The Hall–Kier alpha value is -2.84. The monoisotopic (exact) mass is 435 g/mol. The van der Waals surface area contributed by atoms with Gasteiger partial charge >= 0.3 is 0 Å². The van der Waals surface area contributed by atoms with Gasteiger partial charge in [-0.3, -0.25) is 10.1 Å². The molecule has 1 unspecified atom stereocenters.